The van der Waals surface area contributed by atoms with Crippen molar-refractivity contribution in [3.05, 3.63) is 54.1 Å². The Balaban J connectivity index is 1.95. The van der Waals surface area contributed by atoms with E-state index in [1.807, 2.05) is 26.2 Å². The highest BCUT2D eigenvalue weighted by Gasteiger charge is 2.39. The van der Waals surface area contributed by atoms with Gasteiger partial charge in [0.2, 0.25) is 5.06 Å². The van der Waals surface area contributed by atoms with E-state index in [9.17, 15) is 0 Å². The summed E-state index contributed by atoms with van der Waals surface area (Å²) in [5, 5.41) is 2.96. The number of nitrogens with zero attached hydrogens (tertiary/aromatic N) is 1. The molecule has 20 heavy (non-hydrogen) atoms. The van der Waals surface area contributed by atoms with E-state index in [1.54, 1.807) is 18.9 Å². The molecule has 3 nitrogen and oxygen atoms in total. The van der Waals surface area contributed by atoms with E-state index < -0.39 is 5.06 Å². The van der Waals surface area contributed by atoms with Gasteiger partial charge >= 0.3 is 0 Å². The molecule has 0 spiro atoms. The third-order valence-corrected chi connectivity index (χ3v) is 4.86. The van der Waals surface area contributed by atoms with Crippen LogP contribution in [0.15, 0.2) is 53.4 Å². The van der Waals surface area contributed by atoms with Crippen LogP contribution in [0.1, 0.15) is 5.56 Å². The van der Waals surface area contributed by atoms with Crippen molar-refractivity contribution < 1.29 is 4.74 Å². The fourth-order valence-electron chi connectivity index (χ4n) is 2.34. The van der Waals surface area contributed by atoms with E-state index in [0.29, 0.717) is 0 Å². The Bertz CT molecular complexity index is 585. The van der Waals surface area contributed by atoms with Crippen LogP contribution < -0.4 is 10.2 Å². The van der Waals surface area contributed by atoms with Crippen molar-refractivity contribution in [2.45, 2.75) is 9.95 Å². The Morgan fingerprint density at radius 2 is 1.75 bits per heavy atom. The van der Waals surface area contributed by atoms with Crippen molar-refractivity contribution >= 4 is 23.1 Å². The molecule has 0 amide bonds. The zero-order valence-corrected chi connectivity index (χ0v) is 12.7. The minimum atomic E-state index is -0.533. The van der Waals surface area contributed by atoms with E-state index in [-0.39, 0.29) is 0 Å². The van der Waals surface area contributed by atoms with Crippen LogP contribution in [-0.2, 0) is 9.79 Å². The molecule has 1 atom stereocenters. The van der Waals surface area contributed by atoms with Crippen molar-refractivity contribution in [2.24, 2.45) is 0 Å². The summed E-state index contributed by atoms with van der Waals surface area (Å²) in [7, 11) is 5.82. The Labute approximate surface area is 123 Å². The zero-order valence-electron chi connectivity index (χ0n) is 11.9. The molecular formula is C16H18N2OS. The van der Waals surface area contributed by atoms with E-state index in [0.717, 1.165) is 11.3 Å². The monoisotopic (exact) mass is 286 g/mol. The molecule has 0 aliphatic carbocycles. The third-order valence-electron chi connectivity index (χ3n) is 3.49. The van der Waals surface area contributed by atoms with Crippen LogP contribution in [0.25, 0.3) is 0 Å². The van der Waals surface area contributed by atoms with Gasteiger partial charge in [0.15, 0.2) is 0 Å². The maximum atomic E-state index is 5.81. The molecule has 1 aliphatic rings. The quantitative estimate of drug-likeness (QED) is 0.929. The number of hydrogen-bond acceptors (Lipinski definition) is 4. The van der Waals surface area contributed by atoms with Gasteiger partial charge in [0.25, 0.3) is 0 Å². The van der Waals surface area contributed by atoms with Gasteiger partial charge in [-0.15, -0.1) is 0 Å². The van der Waals surface area contributed by atoms with Crippen molar-refractivity contribution in [3.8, 4) is 0 Å². The molecule has 1 N–H and O–H groups in total. The first-order valence-electron chi connectivity index (χ1n) is 6.54. The van der Waals surface area contributed by atoms with Crippen molar-refractivity contribution in [1.29, 1.82) is 0 Å². The third kappa shape index (κ3) is 2.15. The van der Waals surface area contributed by atoms with Gasteiger partial charge in [-0.2, -0.15) is 0 Å². The number of benzene rings is 2. The van der Waals surface area contributed by atoms with E-state index in [2.05, 4.69) is 46.6 Å². The molecule has 0 aromatic heterocycles. The Hall–Kier alpha value is -1.65. The summed E-state index contributed by atoms with van der Waals surface area (Å²) >= 11 is 1.70. The van der Waals surface area contributed by atoms with Crippen LogP contribution >= 0.6 is 11.8 Å². The van der Waals surface area contributed by atoms with Gasteiger partial charge < -0.3 is 15.0 Å². The average molecular weight is 286 g/mol. The van der Waals surface area contributed by atoms with Crippen LogP contribution in [-0.4, -0.2) is 21.2 Å². The van der Waals surface area contributed by atoms with Crippen LogP contribution in [0, 0.1) is 0 Å². The van der Waals surface area contributed by atoms with Crippen molar-refractivity contribution in [2.75, 3.05) is 31.4 Å². The minimum absolute atomic E-state index is 0.533. The molecule has 0 saturated carbocycles. The number of nitrogens with one attached hydrogen (secondary N) is 1. The summed E-state index contributed by atoms with van der Waals surface area (Å²) in [6.45, 7) is 0. The van der Waals surface area contributed by atoms with Gasteiger partial charge in [0.1, 0.15) is 0 Å². The fraction of sp³-hybridized carbons (Fsp3) is 0.250. The first-order chi connectivity index (χ1) is 9.64. The van der Waals surface area contributed by atoms with Crippen LogP contribution in [0.3, 0.4) is 0 Å². The molecule has 0 radical (unpaired) electrons. The predicted octanol–water partition coefficient (Wildman–Crippen LogP) is 3.73. The lowest BCUT2D eigenvalue weighted by Gasteiger charge is -2.28. The molecule has 0 saturated heterocycles. The van der Waals surface area contributed by atoms with Gasteiger partial charge in [-0.1, -0.05) is 36.0 Å². The second kappa shape index (κ2) is 5.04. The molecule has 2 aromatic carbocycles. The molecule has 3 rings (SSSR count). The summed E-state index contributed by atoms with van der Waals surface area (Å²) in [5.41, 5.74) is 3.42. The molecule has 2 aromatic rings. The number of methoxy groups -OCH3 is 1. The van der Waals surface area contributed by atoms with Crippen molar-refractivity contribution in [1.82, 2.24) is 0 Å². The van der Waals surface area contributed by atoms with E-state index >= 15 is 0 Å². The highest BCUT2D eigenvalue weighted by Crippen LogP contribution is 2.51. The number of ether oxygens (including phenoxy) is 1. The Morgan fingerprint density at radius 1 is 1.05 bits per heavy atom. The predicted molar refractivity (Wildman–Crippen MR) is 85.4 cm³/mol. The molecule has 0 bridgehead atoms. The van der Waals surface area contributed by atoms with Crippen LogP contribution in [0.5, 0.6) is 0 Å². The number of hydrogen-bond donors (Lipinski definition) is 1. The first-order valence-corrected chi connectivity index (χ1v) is 7.35. The maximum Gasteiger partial charge on any atom is 0.218 e. The standard InChI is InChI=1S/C16H18N2OS/c1-18(2)13-10-8-12(9-11-13)16(19-3)17-14-6-4-5-7-15(14)20-16/h4-11,17H,1-3H3. The van der Waals surface area contributed by atoms with Crippen LogP contribution in [0.2, 0.25) is 0 Å². The maximum absolute atomic E-state index is 5.81. The summed E-state index contributed by atoms with van der Waals surface area (Å²) in [4.78, 5) is 3.30. The van der Waals surface area contributed by atoms with E-state index in [1.165, 1.54) is 10.6 Å². The number of anilines is 2. The SMILES string of the molecule is COC1(c2ccc(N(C)C)cc2)Nc2ccccc2S1. The fourth-order valence-corrected chi connectivity index (χ4v) is 3.52. The minimum Gasteiger partial charge on any atom is -0.378 e. The van der Waals surface area contributed by atoms with Crippen LogP contribution in [0.4, 0.5) is 11.4 Å². The molecule has 0 fully saturated rings. The summed E-state index contributed by atoms with van der Waals surface area (Å²) in [5.74, 6) is 0. The smallest absolute Gasteiger partial charge is 0.218 e. The van der Waals surface area contributed by atoms with E-state index in [4.69, 9.17) is 4.74 Å². The number of para-hydroxylation sites is 1. The molecule has 1 aliphatic heterocycles. The van der Waals surface area contributed by atoms with Gasteiger partial charge in [-0.3, -0.25) is 0 Å². The van der Waals surface area contributed by atoms with Gasteiger partial charge in [0.05, 0.1) is 5.69 Å². The topological polar surface area (TPSA) is 24.5 Å². The van der Waals surface area contributed by atoms with Gasteiger partial charge in [-0.25, -0.2) is 0 Å². The zero-order chi connectivity index (χ0) is 14.2. The number of thioether (sulfide) groups is 1. The largest absolute Gasteiger partial charge is 0.378 e. The lowest BCUT2D eigenvalue weighted by Crippen LogP contribution is -2.30. The Morgan fingerprint density at radius 3 is 2.35 bits per heavy atom. The molecule has 104 valence electrons. The second-order valence-corrected chi connectivity index (χ2v) is 6.20. The lowest BCUT2D eigenvalue weighted by atomic mass is 10.1. The highest BCUT2D eigenvalue weighted by molar-refractivity contribution is 8.00. The normalized spacial score (nSPS) is 20.4. The Kier molecular flexibility index (Phi) is 3.36. The average Bonchev–Trinajstić information content (AvgIpc) is 2.87. The number of fused-ring (bicyclic) bond motifs is 1. The second-order valence-electron chi connectivity index (χ2n) is 4.99. The summed E-state index contributed by atoms with van der Waals surface area (Å²) < 4.78 is 5.81. The van der Waals surface area contributed by atoms with Gasteiger partial charge in [-0.05, 0) is 24.3 Å². The summed E-state index contributed by atoms with van der Waals surface area (Å²) in [6, 6.07) is 16.7. The lowest BCUT2D eigenvalue weighted by molar-refractivity contribution is 0.0961. The molecule has 4 heteroatoms. The van der Waals surface area contributed by atoms with Crippen molar-refractivity contribution in [3.63, 3.8) is 0 Å². The molecule has 1 heterocycles. The number of rotatable bonds is 3. The molecule has 1 unspecified atom stereocenters. The molecular weight excluding hydrogens is 268 g/mol. The first kappa shape index (κ1) is 13.3. The van der Waals surface area contributed by atoms with Gasteiger partial charge in [0, 0.05) is 37.4 Å². The highest BCUT2D eigenvalue weighted by atomic mass is 32.2. The summed E-state index contributed by atoms with van der Waals surface area (Å²) in [6.07, 6.45) is 0.